The summed E-state index contributed by atoms with van der Waals surface area (Å²) in [6.45, 7) is 3.96. The molecule has 1 aromatic rings. The van der Waals surface area contributed by atoms with Gasteiger partial charge in [-0.05, 0) is 26.0 Å². The molecule has 0 spiro atoms. The molecule has 1 unspecified atom stereocenters. The van der Waals surface area contributed by atoms with Gasteiger partial charge in [0.25, 0.3) is 5.91 Å². The van der Waals surface area contributed by atoms with E-state index < -0.39 is 17.9 Å². The van der Waals surface area contributed by atoms with Crippen LogP contribution in [-0.2, 0) is 9.53 Å². The third-order valence-corrected chi connectivity index (χ3v) is 2.71. The maximum Gasteiger partial charge on any atom is 0.326 e. The fourth-order valence-corrected chi connectivity index (χ4v) is 1.74. The number of rotatable bonds is 8. The number of hydrogen-bond acceptors (Lipinski definition) is 4. The number of carbonyl (C=O) groups is 2. The maximum atomic E-state index is 12.2. The molecule has 1 aromatic carbocycles. The summed E-state index contributed by atoms with van der Waals surface area (Å²) in [4.78, 5) is 23.4. The summed E-state index contributed by atoms with van der Waals surface area (Å²) < 4.78 is 10.4. The van der Waals surface area contributed by atoms with Crippen LogP contribution in [0.5, 0.6) is 5.75 Å². The fourth-order valence-electron chi connectivity index (χ4n) is 1.74. The molecular weight excluding hydrogens is 274 g/mol. The number of benzene rings is 1. The Morgan fingerprint density at radius 2 is 1.95 bits per heavy atom. The monoisotopic (exact) mass is 295 g/mol. The van der Waals surface area contributed by atoms with E-state index in [4.69, 9.17) is 14.6 Å². The number of nitrogens with one attached hydrogen (secondary N) is 1. The molecule has 116 valence electrons. The lowest BCUT2D eigenvalue weighted by Crippen LogP contribution is -2.41. The largest absolute Gasteiger partial charge is 0.490 e. The zero-order valence-electron chi connectivity index (χ0n) is 12.5. The predicted octanol–water partition coefficient (Wildman–Crippen LogP) is 1.69. The lowest BCUT2D eigenvalue weighted by Gasteiger charge is -2.17. The average Bonchev–Trinajstić information content (AvgIpc) is 2.42. The number of amides is 1. The first-order valence-corrected chi connectivity index (χ1v) is 6.74. The average molecular weight is 295 g/mol. The van der Waals surface area contributed by atoms with Crippen LogP contribution >= 0.6 is 0 Å². The first-order chi connectivity index (χ1) is 9.95. The Labute approximate surface area is 124 Å². The van der Waals surface area contributed by atoms with Gasteiger partial charge in [0.1, 0.15) is 11.8 Å². The van der Waals surface area contributed by atoms with Crippen molar-refractivity contribution >= 4 is 11.9 Å². The van der Waals surface area contributed by atoms with Crippen LogP contribution in [0, 0.1) is 0 Å². The van der Waals surface area contributed by atoms with Crippen LogP contribution in [0.3, 0.4) is 0 Å². The van der Waals surface area contributed by atoms with E-state index in [0.717, 1.165) is 0 Å². The highest BCUT2D eigenvalue weighted by Gasteiger charge is 2.22. The molecule has 2 N–H and O–H groups in total. The molecule has 0 bridgehead atoms. The van der Waals surface area contributed by atoms with E-state index in [1.54, 1.807) is 24.3 Å². The minimum absolute atomic E-state index is 0.0808. The van der Waals surface area contributed by atoms with E-state index in [-0.39, 0.29) is 19.1 Å². The molecule has 0 aliphatic rings. The van der Waals surface area contributed by atoms with Crippen molar-refractivity contribution in [2.45, 2.75) is 32.4 Å². The summed E-state index contributed by atoms with van der Waals surface area (Å²) in [5.41, 5.74) is 0.315. The van der Waals surface area contributed by atoms with Crippen molar-refractivity contribution in [1.82, 2.24) is 5.32 Å². The van der Waals surface area contributed by atoms with Crippen LogP contribution in [0.15, 0.2) is 24.3 Å². The summed E-state index contributed by atoms with van der Waals surface area (Å²) in [5, 5.41) is 11.6. The highest BCUT2D eigenvalue weighted by Crippen LogP contribution is 2.19. The molecule has 6 nitrogen and oxygen atoms in total. The standard InChI is InChI=1S/C15H21NO5/c1-10(2)21-13-7-5-4-6-11(13)14(17)16-12(15(18)19)8-9-20-3/h4-7,10,12H,8-9H2,1-3H3,(H,16,17)(H,18,19). The molecule has 0 fully saturated rings. The van der Waals surface area contributed by atoms with Crippen molar-refractivity contribution in [1.29, 1.82) is 0 Å². The molecule has 0 radical (unpaired) electrons. The van der Waals surface area contributed by atoms with Crippen molar-refractivity contribution in [2.75, 3.05) is 13.7 Å². The molecule has 1 amide bonds. The summed E-state index contributed by atoms with van der Waals surface area (Å²) in [6.07, 6.45) is 0.118. The van der Waals surface area contributed by atoms with Crippen LogP contribution < -0.4 is 10.1 Å². The molecule has 1 rings (SSSR count). The molecule has 0 aromatic heterocycles. The van der Waals surface area contributed by atoms with Crippen LogP contribution in [0.2, 0.25) is 0 Å². The Kier molecular flexibility index (Phi) is 6.68. The van der Waals surface area contributed by atoms with Gasteiger partial charge in [-0.3, -0.25) is 4.79 Å². The first-order valence-electron chi connectivity index (χ1n) is 6.74. The SMILES string of the molecule is COCCC(NC(=O)c1ccccc1OC(C)C)C(=O)O. The highest BCUT2D eigenvalue weighted by atomic mass is 16.5. The molecule has 0 saturated heterocycles. The Morgan fingerprint density at radius 1 is 1.29 bits per heavy atom. The van der Waals surface area contributed by atoms with Gasteiger partial charge in [0.05, 0.1) is 11.7 Å². The zero-order chi connectivity index (χ0) is 15.8. The van der Waals surface area contributed by atoms with Gasteiger partial charge < -0.3 is 19.9 Å². The number of methoxy groups -OCH3 is 1. The van der Waals surface area contributed by atoms with Gasteiger partial charge in [-0.25, -0.2) is 4.79 Å². The molecule has 21 heavy (non-hydrogen) atoms. The van der Waals surface area contributed by atoms with Crippen molar-refractivity contribution in [3.05, 3.63) is 29.8 Å². The maximum absolute atomic E-state index is 12.2. The number of carboxylic acid groups (broad SMARTS) is 1. The summed E-state index contributed by atoms with van der Waals surface area (Å²) in [7, 11) is 1.48. The number of para-hydroxylation sites is 1. The predicted molar refractivity (Wildman–Crippen MR) is 77.6 cm³/mol. The smallest absolute Gasteiger partial charge is 0.326 e. The molecule has 0 aliphatic carbocycles. The minimum atomic E-state index is -1.09. The molecule has 0 saturated carbocycles. The van der Waals surface area contributed by atoms with E-state index in [2.05, 4.69) is 5.32 Å². The number of carbonyl (C=O) groups excluding carboxylic acids is 1. The molecule has 0 aliphatic heterocycles. The lowest BCUT2D eigenvalue weighted by molar-refractivity contribution is -0.139. The van der Waals surface area contributed by atoms with Gasteiger partial charge in [0.15, 0.2) is 0 Å². The van der Waals surface area contributed by atoms with E-state index in [0.29, 0.717) is 11.3 Å². The second-order valence-corrected chi connectivity index (χ2v) is 4.81. The number of ether oxygens (including phenoxy) is 2. The van der Waals surface area contributed by atoms with Gasteiger partial charge in [0, 0.05) is 20.1 Å². The molecule has 1 atom stereocenters. The second kappa shape index (κ2) is 8.26. The Balaban J connectivity index is 2.84. The minimum Gasteiger partial charge on any atom is -0.490 e. The Morgan fingerprint density at radius 3 is 2.52 bits per heavy atom. The van der Waals surface area contributed by atoms with Gasteiger partial charge in [-0.15, -0.1) is 0 Å². The van der Waals surface area contributed by atoms with Gasteiger partial charge in [-0.1, -0.05) is 12.1 Å². The molecular formula is C15H21NO5. The van der Waals surface area contributed by atoms with Crippen LogP contribution in [0.1, 0.15) is 30.6 Å². The highest BCUT2D eigenvalue weighted by molar-refractivity contribution is 5.98. The molecule has 6 heteroatoms. The lowest BCUT2D eigenvalue weighted by atomic mass is 10.1. The summed E-state index contributed by atoms with van der Waals surface area (Å²) >= 11 is 0. The fraction of sp³-hybridized carbons (Fsp3) is 0.467. The van der Waals surface area contributed by atoms with Crippen LogP contribution in [-0.4, -0.2) is 42.8 Å². The van der Waals surface area contributed by atoms with E-state index in [1.807, 2.05) is 13.8 Å². The zero-order valence-corrected chi connectivity index (χ0v) is 12.5. The number of aliphatic carboxylic acids is 1. The number of hydrogen-bond donors (Lipinski definition) is 2. The van der Waals surface area contributed by atoms with E-state index in [9.17, 15) is 9.59 Å². The Hall–Kier alpha value is -2.08. The summed E-state index contributed by atoms with van der Waals surface area (Å²) in [6, 6.07) is 5.74. The van der Waals surface area contributed by atoms with Crippen molar-refractivity contribution in [2.24, 2.45) is 0 Å². The van der Waals surface area contributed by atoms with E-state index in [1.165, 1.54) is 7.11 Å². The van der Waals surface area contributed by atoms with Gasteiger partial charge in [0.2, 0.25) is 0 Å². The normalized spacial score (nSPS) is 12.0. The van der Waals surface area contributed by atoms with Crippen molar-refractivity contribution in [3.63, 3.8) is 0 Å². The van der Waals surface area contributed by atoms with Gasteiger partial charge >= 0.3 is 5.97 Å². The van der Waals surface area contributed by atoms with E-state index >= 15 is 0 Å². The number of carboxylic acids is 1. The third-order valence-electron chi connectivity index (χ3n) is 2.71. The topological polar surface area (TPSA) is 84.9 Å². The Bertz CT molecular complexity index is 487. The quantitative estimate of drug-likeness (QED) is 0.762. The first kappa shape index (κ1) is 17.0. The molecule has 0 heterocycles. The van der Waals surface area contributed by atoms with Crippen LogP contribution in [0.25, 0.3) is 0 Å². The van der Waals surface area contributed by atoms with Crippen LogP contribution in [0.4, 0.5) is 0 Å². The van der Waals surface area contributed by atoms with Gasteiger partial charge in [-0.2, -0.15) is 0 Å². The third kappa shape index (κ3) is 5.43. The van der Waals surface area contributed by atoms with Crippen molar-refractivity contribution < 1.29 is 24.2 Å². The second-order valence-electron chi connectivity index (χ2n) is 4.81. The summed E-state index contributed by atoms with van der Waals surface area (Å²) in [5.74, 6) is -1.14. The van der Waals surface area contributed by atoms with Crippen molar-refractivity contribution in [3.8, 4) is 5.75 Å².